The molecular formula is C21H24N4O3S. The average Bonchev–Trinajstić information content (AvgIpc) is 3.17. The van der Waals surface area contributed by atoms with Crippen LogP contribution in [0.3, 0.4) is 0 Å². The van der Waals surface area contributed by atoms with Crippen LogP contribution in [0.25, 0.3) is 11.3 Å². The highest BCUT2D eigenvalue weighted by Gasteiger charge is 2.24. The SMILES string of the molecule is CCCC(NS(=O)(=O)Cc1ccccc1)C(=O)Nc1cc(-c2ccccc2)[nH]n1. The summed E-state index contributed by atoms with van der Waals surface area (Å²) in [7, 11) is -3.67. The van der Waals surface area contributed by atoms with Crippen molar-refractivity contribution in [2.75, 3.05) is 5.32 Å². The molecule has 3 N–H and O–H groups in total. The number of aromatic nitrogens is 2. The van der Waals surface area contributed by atoms with Crippen molar-refractivity contribution in [1.82, 2.24) is 14.9 Å². The third kappa shape index (κ3) is 6.00. The summed E-state index contributed by atoms with van der Waals surface area (Å²) in [5.74, 6) is -0.270. The third-order valence-corrected chi connectivity index (χ3v) is 5.69. The molecule has 0 fully saturated rings. The number of hydrogen-bond donors (Lipinski definition) is 3. The minimum atomic E-state index is -3.67. The average molecular weight is 413 g/mol. The first-order chi connectivity index (χ1) is 14.0. The van der Waals surface area contributed by atoms with Crippen LogP contribution in [0.2, 0.25) is 0 Å². The molecule has 0 saturated heterocycles. The first kappa shape index (κ1) is 20.8. The molecular weight excluding hydrogens is 388 g/mol. The van der Waals surface area contributed by atoms with Crippen LogP contribution in [0.1, 0.15) is 25.3 Å². The summed E-state index contributed by atoms with van der Waals surface area (Å²) in [6.45, 7) is 1.90. The number of anilines is 1. The summed E-state index contributed by atoms with van der Waals surface area (Å²) in [5.41, 5.74) is 2.36. The summed E-state index contributed by atoms with van der Waals surface area (Å²) in [5, 5.41) is 9.68. The Hall–Kier alpha value is -2.97. The highest BCUT2D eigenvalue weighted by atomic mass is 32.2. The Morgan fingerprint density at radius 3 is 2.38 bits per heavy atom. The quantitative estimate of drug-likeness (QED) is 0.501. The number of sulfonamides is 1. The van der Waals surface area contributed by atoms with E-state index in [1.807, 2.05) is 43.3 Å². The normalized spacial score (nSPS) is 12.4. The zero-order chi connectivity index (χ0) is 20.7. The lowest BCUT2D eigenvalue weighted by Crippen LogP contribution is -2.44. The van der Waals surface area contributed by atoms with Gasteiger partial charge in [-0.25, -0.2) is 13.1 Å². The van der Waals surface area contributed by atoms with Crippen LogP contribution >= 0.6 is 0 Å². The van der Waals surface area contributed by atoms with Crippen molar-refractivity contribution in [2.45, 2.75) is 31.6 Å². The molecule has 1 unspecified atom stereocenters. The minimum Gasteiger partial charge on any atom is -0.308 e. The molecule has 1 atom stereocenters. The molecule has 1 amide bonds. The number of nitrogens with one attached hydrogen (secondary N) is 3. The molecule has 3 aromatic rings. The lowest BCUT2D eigenvalue weighted by molar-refractivity contribution is -0.117. The first-order valence-electron chi connectivity index (χ1n) is 9.42. The van der Waals surface area contributed by atoms with Gasteiger partial charge in [-0.15, -0.1) is 0 Å². The largest absolute Gasteiger partial charge is 0.308 e. The molecule has 3 rings (SSSR count). The molecule has 0 spiro atoms. The van der Waals surface area contributed by atoms with Gasteiger partial charge in [-0.05, 0) is 17.5 Å². The maximum absolute atomic E-state index is 12.7. The molecule has 0 radical (unpaired) electrons. The highest BCUT2D eigenvalue weighted by Crippen LogP contribution is 2.19. The first-order valence-corrected chi connectivity index (χ1v) is 11.1. The van der Waals surface area contributed by atoms with Gasteiger partial charge in [0.2, 0.25) is 15.9 Å². The van der Waals surface area contributed by atoms with Crippen LogP contribution in [-0.2, 0) is 20.6 Å². The van der Waals surface area contributed by atoms with Gasteiger partial charge in [-0.3, -0.25) is 9.89 Å². The Morgan fingerprint density at radius 1 is 1.07 bits per heavy atom. The number of H-pyrrole nitrogens is 1. The predicted octanol–water partition coefficient (Wildman–Crippen LogP) is 3.30. The van der Waals surface area contributed by atoms with E-state index in [2.05, 4.69) is 20.2 Å². The van der Waals surface area contributed by atoms with Crippen molar-refractivity contribution in [3.05, 3.63) is 72.3 Å². The van der Waals surface area contributed by atoms with Gasteiger partial charge in [-0.1, -0.05) is 74.0 Å². The summed E-state index contributed by atoms with van der Waals surface area (Å²) >= 11 is 0. The fourth-order valence-electron chi connectivity index (χ4n) is 2.95. The van der Waals surface area contributed by atoms with Crippen LogP contribution in [0.15, 0.2) is 66.7 Å². The van der Waals surface area contributed by atoms with E-state index in [-0.39, 0.29) is 5.75 Å². The van der Waals surface area contributed by atoms with Crippen molar-refractivity contribution in [1.29, 1.82) is 0 Å². The van der Waals surface area contributed by atoms with Gasteiger partial charge in [0.25, 0.3) is 0 Å². The van der Waals surface area contributed by atoms with E-state index in [1.54, 1.807) is 30.3 Å². The second-order valence-electron chi connectivity index (χ2n) is 6.73. The molecule has 152 valence electrons. The van der Waals surface area contributed by atoms with E-state index >= 15 is 0 Å². The number of amides is 1. The maximum atomic E-state index is 12.7. The fraction of sp³-hybridized carbons (Fsp3) is 0.238. The van der Waals surface area contributed by atoms with Crippen molar-refractivity contribution in [3.8, 4) is 11.3 Å². The molecule has 0 bridgehead atoms. The molecule has 29 heavy (non-hydrogen) atoms. The summed E-state index contributed by atoms with van der Waals surface area (Å²) in [6.07, 6.45) is 1.04. The van der Waals surface area contributed by atoms with E-state index in [1.165, 1.54) is 0 Å². The molecule has 0 aliphatic rings. The Labute approximate surface area is 170 Å². The van der Waals surface area contributed by atoms with Gasteiger partial charge < -0.3 is 5.32 Å². The van der Waals surface area contributed by atoms with Crippen molar-refractivity contribution < 1.29 is 13.2 Å². The van der Waals surface area contributed by atoms with Gasteiger partial charge in [0, 0.05) is 6.07 Å². The molecule has 8 heteroatoms. The Morgan fingerprint density at radius 2 is 1.72 bits per heavy atom. The van der Waals surface area contributed by atoms with E-state index in [0.29, 0.717) is 24.2 Å². The van der Waals surface area contributed by atoms with Gasteiger partial charge in [0.05, 0.1) is 11.4 Å². The standard InChI is InChI=1S/C21H24N4O3S/c1-2-9-18(25-29(27,28)15-16-10-5-3-6-11-16)21(26)22-20-14-19(23-24-20)17-12-7-4-8-13-17/h3-8,10-14,18,25H,2,9,15H2,1H3,(H2,22,23,24,26). The van der Waals surface area contributed by atoms with Crippen molar-refractivity contribution in [3.63, 3.8) is 0 Å². The monoisotopic (exact) mass is 412 g/mol. The number of benzene rings is 2. The maximum Gasteiger partial charge on any atom is 0.243 e. The molecule has 0 aliphatic heterocycles. The van der Waals surface area contributed by atoms with Crippen LogP contribution in [0.5, 0.6) is 0 Å². The number of carbonyl (C=O) groups is 1. The molecule has 2 aromatic carbocycles. The smallest absolute Gasteiger partial charge is 0.243 e. The predicted molar refractivity (Wildman–Crippen MR) is 114 cm³/mol. The minimum absolute atomic E-state index is 0.179. The fourth-order valence-corrected chi connectivity index (χ4v) is 4.32. The van der Waals surface area contributed by atoms with E-state index < -0.39 is 22.0 Å². The number of nitrogens with zero attached hydrogens (tertiary/aromatic N) is 1. The van der Waals surface area contributed by atoms with E-state index in [9.17, 15) is 13.2 Å². The summed E-state index contributed by atoms with van der Waals surface area (Å²) < 4.78 is 27.6. The van der Waals surface area contributed by atoms with Crippen molar-refractivity contribution >= 4 is 21.7 Å². The van der Waals surface area contributed by atoms with Gasteiger partial charge in [0.1, 0.15) is 6.04 Å². The van der Waals surface area contributed by atoms with Crippen LogP contribution < -0.4 is 10.0 Å². The molecule has 1 heterocycles. The number of aromatic amines is 1. The Bertz CT molecular complexity index is 1030. The topological polar surface area (TPSA) is 104 Å². The van der Waals surface area contributed by atoms with Crippen molar-refractivity contribution in [2.24, 2.45) is 0 Å². The van der Waals surface area contributed by atoms with Gasteiger partial charge >= 0.3 is 0 Å². The molecule has 0 saturated carbocycles. The Balaban J connectivity index is 1.67. The highest BCUT2D eigenvalue weighted by molar-refractivity contribution is 7.88. The van der Waals surface area contributed by atoms with Crippen LogP contribution in [0, 0.1) is 0 Å². The van der Waals surface area contributed by atoms with Crippen LogP contribution in [-0.4, -0.2) is 30.6 Å². The zero-order valence-electron chi connectivity index (χ0n) is 16.1. The van der Waals surface area contributed by atoms with Gasteiger partial charge in [0.15, 0.2) is 5.82 Å². The van der Waals surface area contributed by atoms with Crippen LogP contribution in [0.4, 0.5) is 5.82 Å². The number of carbonyl (C=O) groups excluding carboxylic acids is 1. The van der Waals surface area contributed by atoms with Gasteiger partial charge in [-0.2, -0.15) is 5.10 Å². The lowest BCUT2D eigenvalue weighted by atomic mass is 10.1. The lowest BCUT2D eigenvalue weighted by Gasteiger charge is -2.17. The second-order valence-corrected chi connectivity index (χ2v) is 8.48. The molecule has 0 aliphatic carbocycles. The van der Waals surface area contributed by atoms with E-state index in [0.717, 1.165) is 11.3 Å². The van der Waals surface area contributed by atoms with E-state index in [4.69, 9.17) is 0 Å². The molecule has 7 nitrogen and oxygen atoms in total. The summed E-state index contributed by atoms with van der Waals surface area (Å²) in [4.78, 5) is 12.7. The summed E-state index contributed by atoms with van der Waals surface area (Å²) in [6, 6.07) is 19.3. The Kier molecular flexibility index (Phi) is 6.79. The zero-order valence-corrected chi connectivity index (χ0v) is 16.9. The number of rotatable bonds is 9. The second kappa shape index (κ2) is 9.49. The molecule has 1 aromatic heterocycles. The number of hydrogen-bond acceptors (Lipinski definition) is 4. The third-order valence-electron chi connectivity index (χ3n) is 4.33.